The molecule has 8 rings (SSSR count). The van der Waals surface area contributed by atoms with Crippen molar-refractivity contribution < 1.29 is 4.79 Å². The van der Waals surface area contributed by atoms with Crippen molar-refractivity contribution in [2.45, 2.75) is 20.4 Å². The second kappa shape index (κ2) is 11.8. The van der Waals surface area contributed by atoms with Crippen LogP contribution < -0.4 is 25.8 Å². The second-order valence-corrected chi connectivity index (χ2v) is 12.9. The molecule has 1 amide bonds. The quantitative estimate of drug-likeness (QED) is 0.228. The first-order chi connectivity index (χ1) is 22.9. The molecule has 0 bridgehead atoms. The number of carbonyl (C=O) groups is 1. The third-order valence-electron chi connectivity index (χ3n) is 9.58. The topological polar surface area (TPSA) is 119 Å². The molecule has 0 radical (unpaired) electrons. The lowest BCUT2D eigenvalue weighted by Gasteiger charge is -2.44. The third kappa shape index (κ3) is 5.69. The van der Waals surface area contributed by atoms with Gasteiger partial charge in [-0.05, 0) is 61.4 Å². The van der Waals surface area contributed by atoms with Gasteiger partial charge in [-0.15, -0.1) is 0 Å². The summed E-state index contributed by atoms with van der Waals surface area (Å²) in [5.41, 5.74) is 7.90. The van der Waals surface area contributed by atoms with Gasteiger partial charge >= 0.3 is 0 Å². The third-order valence-corrected chi connectivity index (χ3v) is 9.58. The van der Waals surface area contributed by atoms with Crippen molar-refractivity contribution in [2.24, 2.45) is 13.0 Å². The molecule has 3 aromatic heterocycles. The maximum atomic E-state index is 11.8. The standard InChI is InChI=1S/C35H39N11O/c1-22-5-4-6-23(2)31(22)40-32-28-17-37-35(41-33(28)43(3)42-32)38-25-7-9-26(10-8-25)45-15-13-44(14-16-45)19-24-20-46(21-24)30-12-11-27-29(39-30)18-36-34(27)47/h4-12,17,24H,13-16,18-21H2,1-3H3,(H,36,47)(H,40,42)(H,37,38,41). The molecule has 0 atom stereocenters. The highest BCUT2D eigenvalue weighted by Gasteiger charge is 2.31. The van der Waals surface area contributed by atoms with Crippen LogP contribution in [0.15, 0.2) is 60.8 Å². The average molecular weight is 630 g/mol. The number of aromatic nitrogens is 5. The van der Waals surface area contributed by atoms with Crippen molar-refractivity contribution in [3.8, 4) is 0 Å². The molecule has 6 heterocycles. The molecule has 3 aliphatic rings. The minimum atomic E-state index is -0.0162. The number of nitrogens with one attached hydrogen (secondary N) is 3. The van der Waals surface area contributed by atoms with Crippen LogP contribution >= 0.6 is 0 Å². The molecule has 2 aromatic carbocycles. The van der Waals surface area contributed by atoms with Gasteiger partial charge in [-0.25, -0.2) is 14.6 Å². The number of amides is 1. The second-order valence-electron chi connectivity index (χ2n) is 12.9. The number of anilines is 6. The lowest BCUT2D eigenvalue weighted by Crippen LogP contribution is -2.55. The summed E-state index contributed by atoms with van der Waals surface area (Å²) in [6.45, 7) is 12.0. The number of nitrogens with zero attached hydrogens (tertiary/aromatic N) is 8. The van der Waals surface area contributed by atoms with Crippen molar-refractivity contribution in [1.29, 1.82) is 0 Å². The first kappa shape index (κ1) is 29.2. The molecule has 2 fully saturated rings. The Morgan fingerprint density at radius 2 is 1.66 bits per heavy atom. The number of hydrogen-bond acceptors (Lipinski definition) is 10. The minimum Gasteiger partial charge on any atom is -0.369 e. The fraction of sp³-hybridized carbons (Fsp3) is 0.343. The Bertz CT molecular complexity index is 1940. The van der Waals surface area contributed by atoms with Crippen LogP contribution in [0.2, 0.25) is 0 Å². The summed E-state index contributed by atoms with van der Waals surface area (Å²) < 4.78 is 1.79. The van der Waals surface area contributed by atoms with Crippen LogP contribution in [0.1, 0.15) is 27.2 Å². The molecule has 3 N–H and O–H groups in total. The van der Waals surface area contributed by atoms with E-state index in [0.29, 0.717) is 24.0 Å². The Balaban J connectivity index is 0.834. The molecular formula is C35H39N11O. The molecule has 12 heteroatoms. The molecule has 2 saturated heterocycles. The predicted molar refractivity (Wildman–Crippen MR) is 185 cm³/mol. The van der Waals surface area contributed by atoms with Crippen molar-refractivity contribution in [2.75, 3.05) is 66.2 Å². The summed E-state index contributed by atoms with van der Waals surface area (Å²) in [6, 6.07) is 18.7. The van der Waals surface area contributed by atoms with Gasteiger partial charge in [0.05, 0.1) is 23.2 Å². The molecule has 0 unspecified atom stereocenters. The number of para-hydroxylation sites is 1. The zero-order chi connectivity index (χ0) is 32.1. The number of aryl methyl sites for hydroxylation is 3. The SMILES string of the molecule is Cc1cccc(C)c1Nc1nn(C)c2nc(Nc3ccc(N4CCN(CC5CN(c6ccc7c(n6)CNC7=O)C5)CC4)cc3)ncc12. The number of piperazine rings is 1. The van der Waals surface area contributed by atoms with E-state index < -0.39 is 0 Å². The Labute approximate surface area is 273 Å². The number of fused-ring (bicyclic) bond motifs is 2. The monoisotopic (exact) mass is 629 g/mol. The van der Waals surface area contributed by atoms with E-state index in [-0.39, 0.29) is 5.91 Å². The molecular weight excluding hydrogens is 590 g/mol. The van der Waals surface area contributed by atoms with E-state index in [1.807, 2.05) is 25.4 Å². The average Bonchev–Trinajstić information content (AvgIpc) is 3.59. The molecule has 0 spiro atoms. The zero-order valence-electron chi connectivity index (χ0n) is 27.0. The van der Waals surface area contributed by atoms with Crippen molar-refractivity contribution in [3.63, 3.8) is 0 Å². The van der Waals surface area contributed by atoms with Gasteiger partial charge in [-0.2, -0.15) is 10.1 Å². The molecule has 0 aliphatic carbocycles. The molecule has 3 aliphatic heterocycles. The number of rotatable bonds is 8. The molecule has 240 valence electrons. The first-order valence-electron chi connectivity index (χ1n) is 16.3. The van der Waals surface area contributed by atoms with Gasteiger partial charge in [0, 0.05) is 82.0 Å². The summed E-state index contributed by atoms with van der Waals surface area (Å²) in [5, 5.41) is 15.3. The lowest BCUT2D eigenvalue weighted by molar-refractivity contribution is 0.0965. The molecule has 5 aromatic rings. The largest absolute Gasteiger partial charge is 0.369 e. The van der Waals surface area contributed by atoms with Gasteiger partial charge in [0.2, 0.25) is 5.95 Å². The summed E-state index contributed by atoms with van der Waals surface area (Å²) in [4.78, 5) is 33.3. The van der Waals surface area contributed by atoms with Gasteiger partial charge < -0.3 is 25.8 Å². The minimum absolute atomic E-state index is 0.0162. The van der Waals surface area contributed by atoms with Crippen LogP contribution in [0, 0.1) is 19.8 Å². The summed E-state index contributed by atoms with van der Waals surface area (Å²) in [7, 11) is 1.90. The number of carbonyl (C=O) groups excluding carboxylic acids is 1. The van der Waals surface area contributed by atoms with Crippen molar-refractivity contribution in [3.05, 3.63) is 83.2 Å². The predicted octanol–water partition coefficient (Wildman–Crippen LogP) is 4.36. The van der Waals surface area contributed by atoms with Crippen LogP contribution in [-0.4, -0.2) is 81.4 Å². The highest BCUT2D eigenvalue weighted by molar-refractivity contribution is 5.98. The Morgan fingerprint density at radius 1 is 0.894 bits per heavy atom. The Morgan fingerprint density at radius 3 is 2.43 bits per heavy atom. The highest BCUT2D eigenvalue weighted by Crippen LogP contribution is 2.30. The fourth-order valence-electron chi connectivity index (χ4n) is 6.90. The van der Waals surface area contributed by atoms with Crippen LogP contribution in [0.5, 0.6) is 0 Å². The van der Waals surface area contributed by atoms with Crippen LogP contribution in [-0.2, 0) is 13.6 Å². The van der Waals surface area contributed by atoms with Crippen LogP contribution in [0.4, 0.5) is 34.6 Å². The fourth-order valence-corrected chi connectivity index (χ4v) is 6.90. The van der Waals surface area contributed by atoms with Crippen LogP contribution in [0.25, 0.3) is 11.0 Å². The highest BCUT2D eigenvalue weighted by atomic mass is 16.1. The van der Waals surface area contributed by atoms with E-state index in [2.05, 4.69) is 97.0 Å². The van der Waals surface area contributed by atoms with E-state index in [4.69, 9.17) is 9.97 Å². The van der Waals surface area contributed by atoms with Gasteiger partial charge in [0.15, 0.2) is 11.5 Å². The summed E-state index contributed by atoms with van der Waals surface area (Å²) in [6.07, 6.45) is 1.83. The zero-order valence-corrected chi connectivity index (χ0v) is 27.0. The van der Waals surface area contributed by atoms with Crippen molar-refractivity contribution >= 4 is 51.6 Å². The van der Waals surface area contributed by atoms with Gasteiger partial charge in [0.25, 0.3) is 5.91 Å². The molecule has 12 nitrogen and oxygen atoms in total. The van der Waals surface area contributed by atoms with Gasteiger partial charge in [-0.1, -0.05) is 18.2 Å². The maximum absolute atomic E-state index is 11.8. The smallest absolute Gasteiger partial charge is 0.253 e. The normalized spacial score (nSPS) is 16.7. The van der Waals surface area contributed by atoms with E-state index >= 15 is 0 Å². The van der Waals surface area contributed by atoms with Crippen LogP contribution in [0.3, 0.4) is 0 Å². The Hall–Kier alpha value is -5.23. The van der Waals surface area contributed by atoms with Crippen molar-refractivity contribution in [1.82, 2.24) is 34.9 Å². The van der Waals surface area contributed by atoms with Gasteiger partial charge in [0.1, 0.15) is 5.82 Å². The maximum Gasteiger partial charge on any atom is 0.253 e. The van der Waals surface area contributed by atoms with E-state index in [9.17, 15) is 4.79 Å². The molecule has 0 saturated carbocycles. The molecule has 47 heavy (non-hydrogen) atoms. The number of hydrogen-bond donors (Lipinski definition) is 3. The Kier molecular flexibility index (Phi) is 7.36. The van der Waals surface area contributed by atoms with Gasteiger partial charge in [-0.3, -0.25) is 9.69 Å². The first-order valence-corrected chi connectivity index (χ1v) is 16.3. The summed E-state index contributed by atoms with van der Waals surface area (Å²) in [5.74, 6) is 2.90. The summed E-state index contributed by atoms with van der Waals surface area (Å²) >= 11 is 0. The van der Waals surface area contributed by atoms with E-state index in [1.165, 1.54) is 5.69 Å². The number of pyridine rings is 1. The van der Waals surface area contributed by atoms with E-state index in [1.54, 1.807) is 4.68 Å². The lowest BCUT2D eigenvalue weighted by atomic mass is 9.99. The number of benzene rings is 2. The van der Waals surface area contributed by atoms with E-state index in [0.717, 1.165) is 96.7 Å².